The summed E-state index contributed by atoms with van der Waals surface area (Å²) in [5.74, 6) is -0.0719. The van der Waals surface area contributed by atoms with E-state index in [2.05, 4.69) is 10.3 Å². The van der Waals surface area contributed by atoms with Crippen LogP contribution in [-0.2, 0) is 11.3 Å². The summed E-state index contributed by atoms with van der Waals surface area (Å²) in [5, 5.41) is 8.42. The molecule has 3 heterocycles. The average molecular weight is 462 g/mol. The Labute approximate surface area is 184 Å². The van der Waals surface area contributed by atoms with Gasteiger partial charge in [-0.25, -0.2) is 4.98 Å². The van der Waals surface area contributed by atoms with E-state index >= 15 is 0 Å². The van der Waals surface area contributed by atoms with Crippen molar-refractivity contribution < 1.29 is 4.79 Å². The van der Waals surface area contributed by atoms with Crippen LogP contribution in [0.4, 0.5) is 5.69 Å². The van der Waals surface area contributed by atoms with Gasteiger partial charge in [-0.3, -0.25) is 14.2 Å². The average Bonchev–Trinajstić information content (AvgIpc) is 3.38. The maximum absolute atomic E-state index is 13.1. The number of carbonyl (C=O) groups is 1. The third-order valence-electron chi connectivity index (χ3n) is 4.24. The first-order chi connectivity index (χ1) is 14.1. The van der Waals surface area contributed by atoms with E-state index in [9.17, 15) is 9.59 Å². The van der Waals surface area contributed by atoms with Gasteiger partial charge in [0.05, 0.1) is 21.8 Å². The summed E-state index contributed by atoms with van der Waals surface area (Å²) in [6.07, 6.45) is 0. The van der Waals surface area contributed by atoms with Gasteiger partial charge in [0.1, 0.15) is 4.83 Å². The predicted molar refractivity (Wildman–Crippen MR) is 124 cm³/mol. The Balaban J connectivity index is 1.60. The largest absolute Gasteiger partial charge is 0.324 e. The van der Waals surface area contributed by atoms with E-state index in [1.165, 1.54) is 23.1 Å². The molecule has 0 radical (unpaired) electrons. The number of benzene rings is 1. The number of nitrogens with zero attached hydrogens (tertiary/aromatic N) is 2. The Morgan fingerprint density at radius 1 is 1.24 bits per heavy atom. The summed E-state index contributed by atoms with van der Waals surface area (Å²) in [5.41, 5.74) is 1.42. The molecule has 1 N–H and O–H groups in total. The second-order valence-electron chi connectivity index (χ2n) is 6.07. The molecule has 0 saturated heterocycles. The predicted octanol–water partition coefficient (Wildman–Crippen LogP) is 5.59. The molecule has 0 unspecified atom stereocenters. The number of fused-ring (bicyclic) bond motifs is 1. The number of nitrogens with one attached hydrogen (secondary N) is 1. The summed E-state index contributed by atoms with van der Waals surface area (Å²) < 4.78 is 1.62. The fourth-order valence-corrected chi connectivity index (χ4v) is 5.74. The van der Waals surface area contributed by atoms with Crippen LogP contribution in [0.1, 0.15) is 6.92 Å². The molecule has 4 rings (SSSR count). The van der Waals surface area contributed by atoms with Crippen molar-refractivity contribution in [3.63, 3.8) is 0 Å². The lowest BCUT2D eigenvalue weighted by Crippen LogP contribution is -2.23. The number of aromatic nitrogens is 2. The Kier molecular flexibility index (Phi) is 6.05. The fourth-order valence-electron chi connectivity index (χ4n) is 2.89. The minimum Gasteiger partial charge on any atom is -0.324 e. The van der Waals surface area contributed by atoms with Crippen LogP contribution in [0.15, 0.2) is 57.1 Å². The quantitative estimate of drug-likeness (QED) is 0.300. The van der Waals surface area contributed by atoms with Crippen LogP contribution in [0.25, 0.3) is 20.7 Å². The first-order valence-corrected chi connectivity index (χ1v) is 11.9. The number of thiophene rings is 2. The molecule has 4 aromatic rings. The Bertz CT molecular complexity index is 1230. The zero-order valence-corrected chi connectivity index (χ0v) is 18.6. The van der Waals surface area contributed by atoms with E-state index in [0.29, 0.717) is 32.6 Å². The molecule has 0 aliphatic carbocycles. The maximum atomic E-state index is 13.1. The highest BCUT2D eigenvalue weighted by Gasteiger charge is 2.18. The van der Waals surface area contributed by atoms with E-state index in [0.717, 1.165) is 10.4 Å². The molecule has 0 aliphatic heterocycles. The number of hydrogen-bond acceptors (Lipinski definition) is 6. The summed E-state index contributed by atoms with van der Waals surface area (Å²) in [7, 11) is 0. The van der Waals surface area contributed by atoms with Crippen molar-refractivity contribution in [2.75, 3.05) is 11.1 Å². The highest BCUT2D eigenvalue weighted by Crippen LogP contribution is 2.34. The first-order valence-electron chi connectivity index (χ1n) is 8.81. The van der Waals surface area contributed by atoms with Crippen LogP contribution in [0.2, 0.25) is 5.02 Å². The van der Waals surface area contributed by atoms with Crippen LogP contribution in [0.5, 0.6) is 0 Å². The Morgan fingerprint density at radius 3 is 2.79 bits per heavy atom. The third kappa shape index (κ3) is 4.11. The van der Waals surface area contributed by atoms with Gasteiger partial charge in [-0.15, -0.1) is 22.7 Å². The Hall–Kier alpha value is -2.13. The number of para-hydroxylation sites is 1. The lowest BCUT2D eigenvalue weighted by Gasteiger charge is -2.11. The second kappa shape index (κ2) is 8.71. The number of rotatable bonds is 6. The van der Waals surface area contributed by atoms with E-state index in [-0.39, 0.29) is 17.2 Å². The van der Waals surface area contributed by atoms with Gasteiger partial charge in [0.25, 0.3) is 5.56 Å². The van der Waals surface area contributed by atoms with E-state index in [1.54, 1.807) is 40.2 Å². The molecule has 0 spiro atoms. The smallest absolute Gasteiger partial charge is 0.263 e. The number of anilines is 1. The van der Waals surface area contributed by atoms with E-state index < -0.39 is 0 Å². The molecule has 0 bridgehead atoms. The second-order valence-corrected chi connectivity index (χ2v) is 9.22. The zero-order valence-electron chi connectivity index (χ0n) is 15.3. The Morgan fingerprint density at radius 2 is 2.07 bits per heavy atom. The lowest BCUT2D eigenvalue weighted by molar-refractivity contribution is -0.113. The van der Waals surface area contributed by atoms with Crippen molar-refractivity contribution in [2.45, 2.75) is 18.6 Å². The topological polar surface area (TPSA) is 64.0 Å². The van der Waals surface area contributed by atoms with Crippen molar-refractivity contribution in [3.05, 3.63) is 62.5 Å². The van der Waals surface area contributed by atoms with Crippen LogP contribution < -0.4 is 10.9 Å². The minimum atomic E-state index is -0.203. The lowest BCUT2D eigenvalue weighted by atomic mass is 10.2. The molecule has 148 valence electrons. The molecule has 0 saturated carbocycles. The molecule has 5 nitrogen and oxygen atoms in total. The van der Waals surface area contributed by atoms with Crippen LogP contribution in [0, 0.1) is 0 Å². The number of thioether (sulfide) groups is 1. The van der Waals surface area contributed by atoms with Crippen LogP contribution in [0.3, 0.4) is 0 Å². The minimum absolute atomic E-state index is 0.0730. The summed E-state index contributed by atoms with van der Waals surface area (Å²) in [4.78, 5) is 31.9. The van der Waals surface area contributed by atoms with Crippen LogP contribution >= 0.6 is 46.0 Å². The van der Waals surface area contributed by atoms with Gasteiger partial charge in [-0.2, -0.15) is 0 Å². The highest BCUT2D eigenvalue weighted by atomic mass is 35.5. The number of halogens is 1. The molecule has 1 aromatic carbocycles. The summed E-state index contributed by atoms with van der Waals surface area (Å²) >= 11 is 10.4. The van der Waals surface area contributed by atoms with Crippen molar-refractivity contribution in [2.24, 2.45) is 0 Å². The standard InChI is InChI=1S/C20H16ClN3O2S3/c1-2-24-19(26)17-12(15-8-5-9-27-15)10-28-18(17)23-20(24)29-11-16(25)22-14-7-4-3-6-13(14)21/h3-10H,2,11H2,1H3,(H,22,25). The molecule has 3 aromatic heterocycles. The normalized spacial score (nSPS) is 11.1. The van der Waals surface area contributed by atoms with Gasteiger partial charge in [-0.05, 0) is 30.5 Å². The molecule has 0 atom stereocenters. The summed E-state index contributed by atoms with van der Waals surface area (Å²) in [6.45, 7) is 2.38. The van der Waals surface area contributed by atoms with Gasteiger partial charge in [0.2, 0.25) is 5.91 Å². The van der Waals surface area contributed by atoms with Crippen molar-refractivity contribution >= 4 is 67.8 Å². The zero-order chi connectivity index (χ0) is 20.4. The maximum Gasteiger partial charge on any atom is 0.263 e. The van der Waals surface area contributed by atoms with Gasteiger partial charge in [-0.1, -0.05) is 41.6 Å². The molecular weight excluding hydrogens is 446 g/mol. The van der Waals surface area contributed by atoms with Crippen molar-refractivity contribution in [3.8, 4) is 10.4 Å². The monoisotopic (exact) mass is 461 g/mol. The summed E-state index contributed by atoms with van der Waals surface area (Å²) in [6, 6.07) is 11.0. The number of hydrogen-bond donors (Lipinski definition) is 1. The molecule has 0 aliphatic rings. The molecule has 9 heteroatoms. The third-order valence-corrected chi connectivity index (χ3v) is 7.32. The van der Waals surface area contributed by atoms with E-state index in [1.807, 2.05) is 29.8 Å². The number of amides is 1. The van der Waals surface area contributed by atoms with E-state index in [4.69, 9.17) is 11.6 Å². The number of carbonyl (C=O) groups excluding carboxylic acids is 1. The van der Waals surface area contributed by atoms with Gasteiger partial charge >= 0.3 is 0 Å². The fraction of sp³-hybridized carbons (Fsp3) is 0.150. The molecular formula is C20H16ClN3O2S3. The van der Waals surface area contributed by atoms with Crippen molar-refractivity contribution in [1.29, 1.82) is 0 Å². The van der Waals surface area contributed by atoms with Crippen LogP contribution in [-0.4, -0.2) is 21.2 Å². The molecule has 0 fully saturated rings. The van der Waals surface area contributed by atoms with Crippen molar-refractivity contribution in [1.82, 2.24) is 9.55 Å². The van der Waals surface area contributed by atoms with Gasteiger partial charge in [0, 0.05) is 22.4 Å². The highest BCUT2D eigenvalue weighted by molar-refractivity contribution is 7.99. The molecule has 1 amide bonds. The first kappa shape index (κ1) is 20.2. The molecule has 29 heavy (non-hydrogen) atoms. The SMILES string of the molecule is CCn1c(SCC(=O)Nc2ccccc2Cl)nc2scc(-c3cccs3)c2c1=O. The van der Waals surface area contributed by atoms with Gasteiger partial charge in [0.15, 0.2) is 5.16 Å². The van der Waals surface area contributed by atoms with Gasteiger partial charge < -0.3 is 5.32 Å².